The Morgan fingerprint density at radius 1 is 1.67 bits per heavy atom. The van der Waals surface area contributed by atoms with Crippen LogP contribution in [0.25, 0.3) is 0 Å². The van der Waals surface area contributed by atoms with E-state index in [1.165, 1.54) is 11.3 Å². The molecule has 18 heavy (non-hydrogen) atoms. The molecule has 0 fully saturated rings. The zero-order valence-corrected chi connectivity index (χ0v) is 12.5. The zero-order chi connectivity index (χ0) is 13.9. The van der Waals surface area contributed by atoms with E-state index in [-0.39, 0.29) is 6.04 Å². The van der Waals surface area contributed by atoms with Crippen molar-refractivity contribution in [1.82, 2.24) is 4.98 Å². The third-order valence-corrected chi connectivity index (χ3v) is 4.28. The van der Waals surface area contributed by atoms with Crippen LogP contribution in [0.1, 0.15) is 26.5 Å². The first-order chi connectivity index (χ1) is 8.23. The lowest BCUT2D eigenvalue weighted by atomic mass is 9.90. The van der Waals surface area contributed by atoms with Crippen LogP contribution in [0.3, 0.4) is 0 Å². The van der Waals surface area contributed by atoms with E-state index in [0.717, 1.165) is 0 Å². The minimum Gasteiger partial charge on any atom is -0.481 e. The number of carboxylic acids is 1. The number of hydrogen-bond donors (Lipinski definition) is 2. The molecule has 0 spiro atoms. The van der Waals surface area contributed by atoms with Crippen LogP contribution in [0.2, 0.25) is 0 Å². The highest BCUT2D eigenvalue weighted by Crippen LogP contribution is 2.27. The molecule has 2 unspecified atom stereocenters. The molecule has 0 saturated carbocycles. The Bertz CT molecular complexity index is 457. The molecule has 0 aromatic carbocycles. The number of nitrogens with one attached hydrogen (secondary N) is 1. The molecule has 1 heterocycles. The normalized spacial score (nSPS) is 15.1. The maximum absolute atomic E-state index is 11.1. The fourth-order valence-corrected chi connectivity index (χ4v) is 3.12. The lowest BCUT2D eigenvalue weighted by molar-refractivity contribution is -0.142. The molecule has 1 aromatic rings. The maximum Gasteiger partial charge on any atom is 0.315 e. The molecule has 102 valence electrons. The van der Waals surface area contributed by atoms with Gasteiger partial charge in [-0.2, -0.15) is 0 Å². The summed E-state index contributed by atoms with van der Waals surface area (Å²) in [7, 11) is -0.867. The van der Waals surface area contributed by atoms with E-state index in [1.54, 1.807) is 25.5 Å². The highest BCUT2D eigenvalue weighted by atomic mass is 32.2. The Balaban J connectivity index is 2.75. The third kappa shape index (κ3) is 3.78. The fraction of sp³-hybridized carbons (Fsp3) is 0.636. The van der Waals surface area contributed by atoms with Crippen molar-refractivity contribution in [3.8, 4) is 0 Å². The summed E-state index contributed by atoms with van der Waals surface area (Å²) in [5.74, 6) is -0.362. The van der Waals surface area contributed by atoms with Crippen LogP contribution >= 0.6 is 11.3 Å². The van der Waals surface area contributed by atoms with Gasteiger partial charge in [0, 0.05) is 34.2 Å². The Hall–Kier alpha value is -0.950. The summed E-state index contributed by atoms with van der Waals surface area (Å²) in [5.41, 5.74) is -0.458. The Kier molecular flexibility index (Phi) is 4.86. The second-order valence-corrected chi connectivity index (χ2v) is 7.09. The molecule has 0 aliphatic heterocycles. The number of nitrogens with zero attached hydrogens (tertiary/aromatic N) is 1. The van der Waals surface area contributed by atoms with Gasteiger partial charge in [-0.15, -0.1) is 11.3 Å². The van der Waals surface area contributed by atoms with Crippen LogP contribution in [-0.4, -0.2) is 38.3 Å². The van der Waals surface area contributed by atoms with Gasteiger partial charge in [-0.25, -0.2) is 4.98 Å². The highest BCUT2D eigenvalue weighted by Gasteiger charge is 2.32. The number of anilines is 1. The molecule has 0 aliphatic rings. The molecule has 0 saturated heterocycles. The first-order valence-corrected chi connectivity index (χ1v) is 8.10. The first-order valence-electron chi connectivity index (χ1n) is 5.49. The Morgan fingerprint density at radius 3 is 2.78 bits per heavy atom. The summed E-state index contributed by atoms with van der Waals surface area (Å²) in [6.07, 6.45) is 1.65. The summed E-state index contributed by atoms with van der Waals surface area (Å²) in [6, 6.07) is 0.0442. The van der Waals surface area contributed by atoms with Crippen molar-refractivity contribution in [3.05, 3.63) is 11.1 Å². The van der Waals surface area contributed by atoms with Crippen molar-refractivity contribution in [3.63, 3.8) is 0 Å². The fourth-order valence-electron chi connectivity index (χ4n) is 1.34. The number of aliphatic carboxylic acids is 1. The molecule has 0 amide bonds. The van der Waals surface area contributed by atoms with Crippen LogP contribution in [-0.2, 0) is 21.0 Å². The van der Waals surface area contributed by atoms with Gasteiger partial charge in [0.25, 0.3) is 0 Å². The van der Waals surface area contributed by atoms with Crippen molar-refractivity contribution in [2.45, 2.75) is 32.2 Å². The summed E-state index contributed by atoms with van der Waals surface area (Å²) in [6.45, 7) is 5.17. The zero-order valence-electron chi connectivity index (χ0n) is 10.9. The SMILES string of the molecule is CC(CS(C)=O)Nc1nc(C(C)(C)C(=O)O)cs1. The molecule has 5 nitrogen and oxygen atoms in total. The van der Waals surface area contributed by atoms with Gasteiger partial charge >= 0.3 is 5.97 Å². The Labute approximate surface area is 113 Å². The molecule has 0 radical (unpaired) electrons. The van der Waals surface area contributed by atoms with Crippen LogP contribution in [0.5, 0.6) is 0 Å². The predicted octanol–water partition coefficient (Wildman–Crippen LogP) is 1.68. The van der Waals surface area contributed by atoms with Crippen LogP contribution in [0.4, 0.5) is 5.13 Å². The minimum atomic E-state index is -0.993. The van der Waals surface area contributed by atoms with Gasteiger partial charge in [0.2, 0.25) is 0 Å². The lowest BCUT2D eigenvalue weighted by Crippen LogP contribution is -2.29. The lowest BCUT2D eigenvalue weighted by Gasteiger charge is -2.16. The van der Waals surface area contributed by atoms with E-state index in [2.05, 4.69) is 10.3 Å². The summed E-state index contributed by atoms with van der Waals surface area (Å²) in [5, 5.41) is 14.6. The predicted molar refractivity (Wildman–Crippen MR) is 74.8 cm³/mol. The second kappa shape index (κ2) is 5.79. The van der Waals surface area contributed by atoms with Gasteiger partial charge in [-0.3, -0.25) is 9.00 Å². The average Bonchev–Trinajstić information content (AvgIpc) is 2.64. The number of rotatable bonds is 6. The molecule has 1 rings (SSSR count). The van der Waals surface area contributed by atoms with Crippen LogP contribution < -0.4 is 5.32 Å². The topological polar surface area (TPSA) is 79.3 Å². The monoisotopic (exact) mass is 290 g/mol. The van der Waals surface area contributed by atoms with Crippen molar-refractivity contribution in [1.29, 1.82) is 0 Å². The molecule has 0 aliphatic carbocycles. The standard InChI is InChI=1S/C11H18N2O3S2/c1-7(6-18(4)16)12-10-13-8(5-17-10)11(2,3)9(14)15/h5,7H,6H2,1-4H3,(H,12,13)(H,14,15). The maximum atomic E-state index is 11.1. The number of thiazole rings is 1. The number of aromatic nitrogens is 1. The summed E-state index contributed by atoms with van der Waals surface area (Å²) >= 11 is 1.36. The molecule has 0 bridgehead atoms. The minimum absolute atomic E-state index is 0.0442. The molecular weight excluding hydrogens is 272 g/mol. The summed E-state index contributed by atoms with van der Waals surface area (Å²) < 4.78 is 11.1. The summed E-state index contributed by atoms with van der Waals surface area (Å²) in [4.78, 5) is 15.4. The van der Waals surface area contributed by atoms with Crippen molar-refractivity contribution >= 4 is 33.2 Å². The average molecular weight is 290 g/mol. The molecular formula is C11H18N2O3S2. The second-order valence-electron chi connectivity index (χ2n) is 4.75. The van der Waals surface area contributed by atoms with Crippen molar-refractivity contribution in [2.75, 3.05) is 17.3 Å². The molecule has 2 atom stereocenters. The first kappa shape index (κ1) is 15.1. The molecule has 1 aromatic heterocycles. The van der Waals surface area contributed by atoms with Gasteiger partial charge in [0.1, 0.15) is 5.41 Å². The third-order valence-electron chi connectivity index (χ3n) is 2.53. The molecule has 7 heteroatoms. The smallest absolute Gasteiger partial charge is 0.315 e. The van der Waals surface area contributed by atoms with Crippen LogP contribution in [0, 0.1) is 0 Å². The van der Waals surface area contributed by atoms with Gasteiger partial charge in [-0.05, 0) is 20.8 Å². The number of carbonyl (C=O) groups is 1. The van der Waals surface area contributed by atoms with Crippen molar-refractivity contribution in [2.24, 2.45) is 0 Å². The van der Waals surface area contributed by atoms with Gasteiger partial charge in [0.15, 0.2) is 5.13 Å². The quantitative estimate of drug-likeness (QED) is 0.833. The van der Waals surface area contributed by atoms with E-state index in [0.29, 0.717) is 16.6 Å². The van der Waals surface area contributed by atoms with E-state index < -0.39 is 22.2 Å². The van der Waals surface area contributed by atoms with Crippen molar-refractivity contribution < 1.29 is 14.1 Å². The number of carboxylic acid groups (broad SMARTS) is 1. The Morgan fingerprint density at radius 2 is 2.28 bits per heavy atom. The van der Waals surface area contributed by atoms with Crippen LogP contribution in [0.15, 0.2) is 5.38 Å². The molecule has 2 N–H and O–H groups in total. The van der Waals surface area contributed by atoms with E-state index in [4.69, 9.17) is 5.11 Å². The number of hydrogen-bond acceptors (Lipinski definition) is 5. The highest BCUT2D eigenvalue weighted by molar-refractivity contribution is 7.84. The van der Waals surface area contributed by atoms with E-state index >= 15 is 0 Å². The van der Waals surface area contributed by atoms with Gasteiger partial charge < -0.3 is 10.4 Å². The van der Waals surface area contributed by atoms with Gasteiger partial charge in [-0.1, -0.05) is 0 Å². The van der Waals surface area contributed by atoms with Gasteiger partial charge in [0.05, 0.1) is 5.69 Å². The largest absolute Gasteiger partial charge is 0.481 e. The van der Waals surface area contributed by atoms with E-state index in [1.807, 2.05) is 6.92 Å². The van der Waals surface area contributed by atoms with E-state index in [9.17, 15) is 9.00 Å².